The van der Waals surface area contributed by atoms with Gasteiger partial charge in [-0.25, -0.2) is 0 Å². The van der Waals surface area contributed by atoms with Gasteiger partial charge >= 0.3 is 0 Å². The average Bonchev–Trinajstić information content (AvgIpc) is 3.14. The van der Waals surface area contributed by atoms with E-state index in [0.717, 1.165) is 21.9 Å². The molecule has 0 aliphatic carbocycles. The van der Waals surface area contributed by atoms with Gasteiger partial charge in [0, 0.05) is 10.6 Å². The molecule has 3 nitrogen and oxygen atoms in total. The van der Waals surface area contributed by atoms with Crippen molar-refractivity contribution in [3.05, 3.63) is 82.6 Å². The molecule has 1 aromatic heterocycles. The molecule has 1 heterocycles. The molecule has 2 aromatic carbocycles. The molecule has 3 aromatic rings. The van der Waals surface area contributed by atoms with Crippen LogP contribution < -0.4 is 9.64 Å². The number of rotatable bonds is 6. The molecule has 4 heteroatoms. The van der Waals surface area contributed by atoms with Gasteiger partial charge in [0.05, 0.1) is 20.1 Å². The number of amides is 1. The van der Waals surface area contributed by atoms with Gasteiger partial charge in [-0.2, -0.15) is 0 Å². The van der Waals surface area contributed by atoms with Crippen molar-refractivity contribution in [3.63, 3.8) is 0 Å². The summed E-state index contributed by atoms with van der Waals surface area (Å²) in [6.45, 7) is 0.540. The molecular formula is C20H19NO2S. The summed E-state index contributed by atoms with van der Waals surface area (Å²) in [7, 11) is 1.65. The summed E-state index contributed by atoms with van der Waals surface area (Å²) in [5, 5.41) is 2.00. The number of ether oxygens (including phenoxy) is 1. The highest BCUT2D eigenvalue weighted by molar-refractivity contribution is 7.10. The van der Waals surface area contributed by atoms with Gasteiger partial charge in [0.2, 0.25) is 5.91 Å². The van der Waals surface area contributed by atoms with Crippen LogP contribution in [0.1, 0.15) is 10.4 Å². The Labute approximate surface area is 146 Å². The highest BCUT2D eigenvalue weighted by Crippen LogP contribution is 2.21. The number of carbonyl (C=O) groups excluding carboxylic acids is 1. The first-order valence-electron chi connectivity index (χ1n) is 7.77. The summed E-state index contributed by atoms with van der Waals surface area (Å²) in [5.74, 6) is 0.911. The van der Waals surface area contributed by atoms with Crippen molar-refractivity contribution in [1.29, 1.82) is 0 Å². The Morgan fingerprint density at radius 3 is 2.38 bits per heavy atom. The lowest BCUT2D eigenvalue weighted by molar-refractivity contribution is -0.118. The number of para-hydroxylation sites is 1. The first-order chi connectivity index (χ1) is 11.8. The van der Waals surface area contributed by atoms with E-state index in [4.69, 9.17) is 4.74 Å². The summed E-state index contributed by atoms with van der Waals surface area (Å²) >= 11 is 1.61. The van der Waals surface area contributed by atoms with Crippen LogP contribution in [-0.4, -0.2) is 13.0 Å². The van der Waals surface area contributed by atoms with Crippen molar-refractivity contribution in [2.75, 3.05) is 12.0 Å². The first-order valence-corrected chi connectivity index (χ1v) is 8.65. The van der Waals surface area contributed by atoms with Crippen molar-refractivity contribution in [1.82, 2.24) is 0 Å². The Balaban J connectivity index is 1.82. The van der Waals surface area contributed by atoms with Crippen LogP contribution in [0.3, 0.4) is 0 Å². The zero-order valence-corrected chi connectivity index (χ0v) is 14.3. The molecule has 122 valence electrons. The van der Waals surface area contributed by atoms with E-state index in [1.807, 2.05) is 77.0 Å². The second kappa shape index (κ2) is 7.79. The van der Waals surface area contributed by atoms with Gasteiger partial charge in [-0.15, -0.1) is 11.3 Å². The molecule has 3 rings (SSSR count). The Hall–Kier alpha value is -2.59. The highest BCUT2D eigenvalue weighted by atomic mass is 32.1. The summed E-state index contributed by atoms with van der Waals surface area (Å²) in [5.41, 5.74) is 1.98. The number of hydrogen-bond donors (Lipinski definition) is 0. The van der Waals surface area contributed by atoms with Crippen molar-refractivity contribution in [3.8, 4) is 5.75 Å². The van der Waals surface area contributed by atoms with E-state index < -0.39 is 0 Å². The lowest BCUT2D eigenvalue weighted by Crippen LogP contribution is -2.31. The third-order valence-corrected chi connectivity index (χ3v) is 4.65. The Morgan fingerprint density at radius 2 is 1.75 bits per heavy atom. The van der Waals surface area contributed by atoms with Gasteiger partial charge in [0.1, 0.15) is 5.75 Å². The largest absolute Gasteiger partial charge is 0.497 e. The molecule has 24 heavy (non-hydrogen) atoms. The molecular weight excluding hydrogens is 318 g/mol. The fourth-order valence-corrected chi connectivity index (χ4v) is 3.20. The van der Waals surface area contributed by atoms with Crippen molar-refractivity contribution >= 4 is 22.9 Å². The van der Waals surface area contributed by atoms with Gasteiger partial charge in [0.25, 0.3) is 0 Å². The SMILES string of the molecule is COc1ccc(CN(C(=O)Cc2cccs2)c2ccccc2)cc1. The number of carbonyl (C=O) groups is 1. The number of thiophene rings is 1. The predicted octanol–water partition coefficient (Wildman–Crippen LogP) is 4.53. The van der Waals surface area contributed by atoms with Gasteiger partial charge in [0.15, 0.2) is 0 Å². The van der Waals surface area contributed by atoms with Crippen molar-refractivity contribution in [2.45, 2.75) is 13.0 Å². The minimum Gasteiger partial charge on any atom is -0.497 e. The third-order valence-electron chi connectivity index (χ3n) is 3.77. The van der Waals surface area contributed by atoms with Crippen LogP contribution in [0, 0.1) is 0 Å². The zero-order chi connectivity index (χ0) is 16.8. The molecule has 0 radical (unpaired) electrons. The van der Waals surface area contributed by atoms with E-state index in [1.54, 1.807) is 18.4 Å². The lowest BCUT2D eigenvalue weighted by atomic mass is 10.1. The Kier molecular flexibility index (Phi) is 5.29. The highest BCUT2D eigenvalue weighted by Gasteiger charge is 2.17. The van der Waals surface area contributed by atoms with Crippen molar-refractivity contribution in [2.24, 2.45) is 0 Å². The smallest absolute Gasteiger partial charge is 0.232 e. The summed E-state index contributed by atoms with van der Waals surface area (Å²) in [6.07, 6.45) is 0.419. The van der Waals surface area contributed by atoms with Gasteiger partial charge in [-0.3, -0.25) is 4.79 Å². The van der Waals surface area contributed by atoms with E-state index in [9.17, 15) is 4.79 Å². The molecule has 0 N–H and O–H groups in total. The summed E-state index contributed by atoms with van der Waals surface area (Å²) < 4.78 is 5.20. The van der Waals surface area contributed by atoms with Crippen LogP contribution in [-0.2, 0) is 17.8 Å². The molecule has 0 unspecified atom stereocenters. The van der Waals surface area contributed by atoms with Crippen LogP contribution in [0.4, 0.5) is 5.69 Å². The van der Waals surface area contributed by atoms with E-state index >= 15 is 0 Å². The molecule has 0 aliphatic rings. The molecule has 0 saturated carbocycles. The normalized spacial score (nSPS) is 10.4. The summed E-state index contributed by atoms with van der Waals surface area (Å²) in [4.78, 5) is 15.8. The minimum absolute atomic E-state index is 0.0967. The van der Waals surface area contributed by atoms with Gasteiger partial charge in [-0.1, -0.05) is 36.4 Å². The van der Waals surface area contributed by atoms with E-state index in [0.29, 0.717) is 13.0 Å². The van der Waals surface area contributed by atoms with Crippen LogP contribution in [0.15, 0.2) is 72.1 Å². The third kappa shape index (κ3) is 4.03. The number of nitrogens with zero attached hydrogens (tertiary/aromatic N) is 1. The second-order valence-corrected chi connectivity index (χ2v) is 6.45. The maximum atomic E-state index is 12.8. The number of anilines is 1. The maximum absolute atomic E-state index is 12.8. The Morgan fingerprint density at radius 1 is 1.00 bits per heavy atom. The minimum atomic E-state index is 0.0967. The van der Waals surface area contributed by atoms with Crippen LogP contribution in [0.5, 0.6) is 5.75 Å². The molecule has 0 saturated heterocycles. The molecule has 0 aliphatic heterocycles. The quantitative estimate of drug-likeness (QED) is 0.661. The van der Waals surface area contributed by atoms with Gasteiger partial charge < -0.3 is 9.64 Å². The van der Waals surface area contributed by atoms with E-state index in [-0.39, 0.29) is 5.91 Å². The molecule has 0 atom stereocenters. The van der Waals surface area contributed by atoms with Crippen LogP contribution in [0.2, 0.25) is 0 Å². The second-order valence-electron chi connectivity index (χ2n) is 5.42. The Bertz CT molecular complexity index is 767. The van der Waals surface area contributed by atoms with E-state index in [2.05, 4.69) is 0 Å². The number of hydrogen-bond acceptors (Lipinski definition) is 3. The average molecular weight is 337 g/mol. The fourth-order valence-electron chi connectivity index (χ4n) is 2.50. The van der Waals surface area contributed by atoms with Crippen LogP contribution >= 0.6 is 11.3 Å². The fraction of sp³-hybridized carbons (Fsp3) is 0.150. The molecule has 0 spiro atoms. The number of benzene rings is 2. The zero-order valence-electron chi connectivity index (χ0n) is 13.5. The van der Waals surface area contributed by atoms with Crippen molar-refractivity contribution < 1.29 is 9.53 Å². The van der Waals surface area contributed by atoms with Crippen LogP contribution in [0.25, 0.3) is 0 Å². The first kappa shape index (κ1) is 16.3. The molecule has 1 amide bonds. The molecule has 0 fully saturated rings. The number of methoxy groups -OCH3 is 1. The lowest BCUT2D eigenvalue weighted by Gasteiger charge is -2.23. The summed E-state index contributed by atoms with van der Waals surface area (Å²) in [6, 6.07) is 21.6. The standard InChI is InChI=1S/C20H19NO2S/c1-23-18-11-9-16(10-12-18)15-21(17-6-3-2-4-7-17)20(22)14-19-8-5-13-24-19/h2-13H,14-15H2,1H3. The monoisotopic (exact) mass is 337 g/mol. The van der Waals surface area contributed by atoms with Gasteiger partial charge in [-0.05, 0) is 41.3 Å². The molecule has 0 bridgehead atoms. The topological polar surface area (TPSA) is 29.5 Å². The predicted molar refractivity (Wildman–Crippen MR) is 98.6 cm³/mol. The maximum Gasteiger partial charge on any atom is 0.232 e. The van der Waals surface area contributed by atoms with E-state index in [1.165, 1.54) is 0 Å².